The van der Waals surface area contributed by atoms with Crippen LogP contribution in [0, 0.1) is 11.8 Å². The first-order valence-corrected chi connectivity index (χ1v) is 9.03. The van der Waals surface area contributed by atoms with Gasteiger partial charge in [-0.3, -0.25) is 9.69 Å². The Hall–Kier alpha value is -1.30. The predicted molar refractivity (Wildman–Crippen MR) is 93.2 cm³/mol. The monoisotopic (exact) mass is 352 g/mol. The molecule has 0 spiro atoms. The number of rotatable bonds is 6. The normalized spacial score (nSPS) is 25.7. The van der Waals surface area contributed by atoms with E-state index in [0.29, 0.717) is 24.2 Å². The minimum absolute atomic E-state index is 0.0231. The number of nitrogens with two attached hydrogens (primary N) is 1. The van der Waals surface area contributed by atoms with E-state index >= 15 is 0 Å². The van der Waals surface area contributed by atoms with Gasteiger partial charge >= 0.3 is 0 Å². The second kappa shape index (κ2) is 8.19. The maximum Gasteiger partial charge on any atom is 0.223 e. The highest BCUT2D eigenvalue weighted by Gasteiger charge is 2.39. The first kappa shape index (κ1) is 17.5. The van der Waals surface area contributed by atoms with Gasteiger partial charge in [-0.2, -0.15) is 0 Å². The van der Waals surface area contributed by atoms with Gasteiger partial charge in [-0.1, -0.05) is 11.6 Å². The average Bonchev–Trinajstić information content (AvgIpc) is 3.07. The van der Waals surface area contributed by atoms with Crippen LogP contribution in [0.2, 0.25) is 5.02 Å². The number of hydrogen-bond acceptors (Lipinski definition) is 4. The molecule has 2 saturated heterocycles. The van der Waals surface area contributed by atoms with E-state index < -0.39 is 0 Å². The second-order valence-corrected chi connectivity index (χ2v) is 7.05. The van der Waals surface area contributed by atoms with Crippen LogP contribution in [0.3, 0.4) is 0 Å². The molecule has 0 unspecified atom stereocenters. The number of piperidine rings is 1. The SMILES string of the molecule is NC(=O)[C@H]1CCO[C@@H]1C1CCN(CCOc2ccc(Cl)cc2)CC1. The molecule has 2 aliphatic heterocycles. The Balaban J connectivity index is 1.39. The van der Waals surface area contributed by atoms with E-state index in [2.05, 4.69) is 4.90 Å². The van der Waals surface area contributed by atoms with Crippen LogP contribution < -0.4 is 10.5 Å². The van der Waals surface area contributed by atoms with Crippen LogP contribution in [0.1, 0.15) is 19.3 Å². The lowest BCUT2D eigenvalue weighted by molar-refractivity contribution is -0.124. The Labute approximate surface area is 148 Å². The molecule has 0 aromatic heterocycles. The zero-order valence-electron chi connectivity index (χ0n) is 13.8. The smallest absolute Gasteiger partial charge is 0.223 e. The summed E-state index contributed by atoms with van der Waals surface area (Å²) in [6.45, 7) is 4.25. The van der Waals surface area contributed by atoms with Gasteiger partial charge in [0.05, 0.1) is 12.0 Å². The van der Waals surface area contributed by atoms with Crippen LogP contribution in [0.25, 0.3) is 0 Å². The minimum Gasteiger partial charge on any atom is -0.492 e. The Bertz CT molecular complexity index is 544. The third kappa shape index (κ3) is 4.41. The summed E-state index contributed by atoms with van der Waals surface area (Å²) in [6, 6.07) is 7.43. The molecule has 2 atom stereocenters. The molecule has 5 nitrogen and oxygen atoms in total. The second-order valence-electron chi connectivity index (χ2n) is 6.61. The molecule has 6 heteroatoms. The number of nitrogens with zero attached hydrogens (tertiary/aromatic N) is 1. The molecule has 24 heavy (non-hydrogen) atoms. The van der Waals surface area contributed by atoms with Gasteiger partial charge in [-0.15, -0.1) is 0 Å². The van der Waals surface area contributed by atoms with Crippen molar-refractivity contribution in [3.05, 3.63) is 29.3 Å². The first-order valence-electron chi connectivity index (χ1n) is 8.65. The molecule has 132 valence electrons. The standard InChI is InChI=1S/C18H25ClN2O3/c19-14-1-3-15(4-2-14)23-12-10-21-8-5-13(6-9-21)17-16(18(20)22)7-11-24-17/h1-4,13,16-17H,5-12H2,(H2,20,22)/t16-,17+/m0/s1. The number of benzene rings is 1. The van der Waals surface area contributed by atoms with E-state index in [9.17, 15) is 4.79 Å². The highest BCUT2D eigenvalue weighted by molar-refractivity contribution is 6.30. The van der Waals surface area contributed by atoms with Crippen molar-refractivity contribution in [1.29, 1.82) is 0 Å². The molecule has 0 saturated carbocycles. The van der Waals surface area contributed by atoms with Crippen LogP contribution >= 0.6 is 11.6 Å². The molecule has 2 aliphatic rings. The summed E-state index contributed by atoms with van der Waals surface area (Å²) in [5.74, 6) is 0.974. The van der Waals surface area contributed by atoms with Crippen LogP contribution in [-0.2, 0) is 9.53 Å². The maximum absolute atomic E-state index is 11.5. The topological polar surface area (TPSA) is 64.8 Å². The quantitative estimate of drug-likeness (QED) is 0.853. The van der Waals surface area contributed by atoms with Gasteiger partial charge in [-0.05, 0) is 62.5 Å². The fourth-order valence-electron chi connectivity index (χ4n) is 3.71. The summed E-state index contributed by atoms with van der Waals surface area (Å²) in [6.07, 6.45) is 2.90. The number of hydrogen-bond donors (Lipinski definition) is 1. The van der Waals surface area contributed by atoms with E-state index in [4.69, 9.17) is 26.8 Å². The molecule has 2 N–H and O–H groups in total. The van der Waals surface area contributed by atoms with Gasteiger partial charge in [0.2, 0.25) is 5.91 Å². The van der Waals surface area contributed by atoms with E-state index in [0.717, 1.165) is 44.6 Å². The summed E-state index contributed by atoms with van der Waals surface area (Å²) in [5.41, 5.74) is 5.50. The number of amides is 1. The Morgan fingerprint density at radius 3 is 2.62 bits per heavy atom. The van der Waals surface area contributed by atoms with E-state index in [1.165, 1.54) is 0 Å². The molecular weight excluding hydrogens is 328 g/mol. The van der Waals surface area contributed by atoms with Gasteiger partial charge < -0.3 is 15.2 Å². The maximum atomic E-state index is 11.5. The fraction of sp³-hybridized carbons (Fsp3) is 0.611. The largest absolute Gasteiger partial charge is 0.492 e. The summed E-state index contributed by atoms with van der Waals surface area (Å²) in [5, 5.41) is 0.716. The van der Waals surface area contributed by atoms with Crippen molar-refractivity contribution in [2.75, 3.05) is 32.8 Å². The van der Waals surface area contributed by atoms with E-state index in [-0.39, 0.29) is 17.9 Å². The zero-order chi connectivity index (χ0) is 16.9. The van der Waals surface area contributed by atoms with E-state index in [1.807, 2.05) is 24.3 Å². The van der Waals surface area contributed by atoms with Crippen molar-refractivity contribution in [3.8, 4) is 5.75 Å². The number of carbonyl (C=O) groups excluding carboxylic acids is 1. The van der Waals surface area contributed by atoms with Gasteiger partial charge in [0.25, 0.3) is 0 Å². The Morgan fingerprint density at radius 2 is 1.96 bits per heavy atom. The van der Waals surface area contributed by atoms with Crippen molar-refractivity contribution >= 4 is 17.5 Å². The number of likely N-dealkylation sites (tertiary alicyclic amines) is 1. The van der Waals surface area contributed by atoms with Crippen molar-refractivity contribution in [2.24, 2.45) is 17.6 Å². The molecule has 3 rings (SSSR count). The highest BCUT2D eigenvalue weighted by atomic mass is 35.5. The molecular formula is C18H25ClN2O3. The lowest BCUT2D eigenvalue weighted by Crippen LogP contribution is -2.43. The lowest BCUT2D eigenvalue weighted by atomic mass is 9.84. The minimum atomic E-state index is -0.212. The number of primary amides is 1. The van der Waals surface area contributed by atoms with Crippen molar-refractivity contribution in [3.63, 3.8) is 0 Å². The molecule has 1 aromatic rings. The van der Waals surface area contributed by atoms with Crippen molar-refractivity contribution in [2.45, 2.75) is 25.4 Å². The van der Waals surface area contributed by atoms with Crippen LogP contribution in [0.5, 0.6) is 5.75 Å². The van der Waals surface area contributed by atoms with Crippen LogP contribution in [0.15, 0.2) is 24.3 Å². The molecule has 2 heterocycles. The van der Waals surface area contributed by atoms with Crippen molar-refractivity contribution < 1.29 is 14.3 Å². The molecule has 0 bridgehead atoms. The van der Waals surface area contributed by atoms with Gasteiger partial charge in [0.15, 0.2) is 0 Å². The molecule has 1 aromatic carbocycles. The summed E-state index contributed by atoms with van der Waals surface area (Å²) in [4.78, 5) is 13.9. The zero-order valence-corrected chi connectivity index (χ0v) is 14.6. The third-order valence-electron chi connectivity index (χ3n) is 5.09. The molecule has 0 radical (unpaired) electrons. The number of halogens is 1. The Kier molecular flexibility index (Phi) is 5.98. The van der Waals surface area contributed by atoms with Crippen molar-refractivity contribution in [1.82, 2.24) is 4.90 Å². The summed E-state index contributed by atoms with van der Waals surface area (Å²) < 4.78 is 11.5. The van der Waals surface area contributed by atoms with Gasteiger partial charge in [-0.25, -0.2) is 0 Å². The first-order chi connectivity index (χ1) is 11.6. The highest BCUT2D eigenvalue weighted by Crippen LogP contribution is 2.32. The Morgan fingerprint density at radius 1 is 1.25 bits per heavy atom. The molecule has 2 fully saturated rings. The number of ether oxygens (including phenoxy) is 2. The third-order valence-corrected chi connectivity index (χ3v) is 5.34. The fourth-order valence-corrected chi connectivity index (χ4v) is 3.83. The number of carbonyl (C=O) groups is 1. The van der Waals surface area contributed by atoms with Gasteiger partial charge in [0, 0.05) is 18.2 Å². The molecule has 1 amide bonds. The lowest BCUT2D eigenvalue weighted by Gasteiger charge is -2.35. The molecule has 0 aliphatic carbocycles. The van der Waals surface area contributed by atoms with E-state index in [1.54, 1.807) is 0 Å². The summed E-state index contributed by atoms with van der Waals surface area (Å²) in [7, 11) is 0. The van der Waals surface area contributed by atoms with Crippen LogP contribution in [-0.4, -0.2) is 49.8 Å². The van der Waals surface area contributed by atoms with Crippen LogP contribution in [0.4, 0.5) is 0 Å². The predicted octanol–water partition coefficient (Wildman–Crippen LogP) is 2.32. The average molecular weight is 353 g/mol. The van der Waals surface area contributed by atoms with Gasteiger partial charge in [0.1, 0.15) is 12.4 Å². The summed E-state index contributed by atoms with van der Waals surface area (Å²) >= 11 is 5.86.